The zero-order chi connectivity index (χ0) is 38.8. The molecule has 11 rings (SSSR count). The van der Waals surface area contributed by atoms with Gasteiger partial charge in [-0.3, -0.25) is 0 Å². The molecule has 1 aliphatic carbocycles. The fourth-order valence-electron chi connectivity index (χ4n) is 9.63. The minimum Gasteiger partial charge on any atom is -0.311 e. The van der Waals surface area contributed by atoms with Gasteiger partial charge in [0.1, 0.15) is 0 Å². The highest BCUT2D eigenvalue weighted by Gasteiger charge is 2.53. The molecule has 2 atom stereocenters. The van der Waals surface area contributed by atoms with Crippen molar-refractivity contribution in [2.45, 2.75) is 29.8 Å². The van der Waals surface area contributed by atoms with Crippen molar-refractivity contribution in [2.75, 3.05) is 9.80 Å². The molecule has 2 nitrogen and oxygen atoms in total. The van der Waals surface area contributed by atoms with Gasteiger partial charge in [0.25, 0.3) is 0 Å². The van der Waals surface area contributed by atoms with Crippen molar-refractivity contribution in [3.63, 3.8) is 0 Å². The van der Waals surface area contributed by atoms with Crippen LogP contribution in [-0.4, -0.2) is 0 Å². The number of para-hydroxylation sites is 2. The smallest absolute Gasteiger partial charge is 0.0565 e. The molecule has 0 radical (unpaired) electrons. The lowest BCUT2D eigenvalue weighted by molar-refractivity contribution is 0.619. The van der Waals surface area contributed by atoms with Crippen LogP contribution in [0.5, 0.6) is 0 Å². The molecule has 0 fully saturated rings. The van der Waals surface area contributed by atoms with Crippen LogP contribution in [0, 0.1) is 0 Å². The normalized spacial score (nSPS) is 16.8. The quantitative estimate of drug-likeness (QED) is 0.152. The molecular formula is C55H42N2S. The zero-order valence-electron chi connectivity index (χ0n) is 32.6. The van der Waals surface area contributed by atoms with Crippen molar-refractivity contribution in [2.24, 2.45) is 0 Å². The monoisotopic (exact) mass is 762 g/mol. The van der Waals surface area contributed by atoms with Gasteiger partial charge in [0.05, 0.1) is 10.5 Å². The predicted molar refractivity (Wildman–Crippen MR) is 246 cm³/mol. The Morgan fingerprint density at radius 3 is 1.33 bits per heavy atom. The van der Waals surface area contributed by atoms with Crippen LogP contribution in [0.3, 0.4) is 0 Å². The number of thioether (sulfide) groups is 1. The summed E-state index contributed by atoms with van der Waals surface area (Å²) in [5, 5.41) is 0.787. The first-order chi connectivity index (χ1) is 28.5. The molecular weight excluding hydrogens is 721 g/mol. The lowest BCUT2D eigenvalue weighted by atomic mass is 9.76. The summed E-state index contributed by atoms with van der Waals surface area (Å²) < 4.78 is 0. The van der Waals surface area contributed by atoms with E-state index < -0.39 is 0 Å². The molecule has 3 aliphatic rings. The minimum absolute atomic E-state index is 0.0349. The molecule has 8 aromatic carbocycles. The zero-order valence-corrected chi connectivity index (χ0v) is 33.4. The Kier molecular flexibility index (Phi) is 8.27. The van der Waals surface area contributed by atoms with Crippen molar-refractivity contribution in [3.05, 3.63) is 234 Å². The first-order valence-electron chi connectivity index (χ1n) is 20.2. The highest BCUT2D eigenvalue weighted by molar-refractivity contribution is 8.01. The number of benzene rings is 8. The molecule has 2 aliphatic heterocycles. The van der Waals surface area contributed by atoms with Crippen LogP contribution in [0.15, 0.2) is 212 Å². The molecule has 0 amide bonds. The average molecular weight is 763 g/mol. The van der Waals surface area contributed by atoms with Crippen LogP contribution in [0.1, 0.15) is 46.6 Å². The SMILES string of the molecule is CC1(C)C2=C(c3ccccc31)C1SC2c2cc(N(c3ccccc3)c3ccc(-c4ccc(N(c5ccccc5)c5ccc(-c6ccccc6)cc5)cc4)cc3)ccc21. The van der Waals surface area contributed by atoms with Crippen LogP contribution in [0.4, 0.5) is 34.1 Å². The molecule has 0 N–H and O–H groups in total. The van der Waals surface area contributed by atoms with Gasteiger partial charge in [-0.05, 0) is 128 Å². The Balaban J connectivity index is 0.899. The summed E-state index contributed by atoms with van der Waals surface area (Å²) in [5.74, 6) is 0. The third-order valence-corrected chi connectivity index (χ3v) is 13.9. The minimum atomic E-state index is 0.0349. The Bertz CT molecular complexity index is 2810. The van der Waals surface area contributed by atoms with Crippen molar-refractivity contribution >= 4 is 51.5 Å². The molecule has 2 unspecified atom stereocenters. The third-order valence-electron chi connectivity index (χ3n) is 12.4. The van der Waals surface area contributed by atoms with Gasteiger partial charge < -0.3 is 9.80 Å². The van der Waals surface area contributed by atoms with Crippen molar-refractivity contribution < 1.29 is 0 Å². The van der Waals surface area contributed by atoms with E-state index >= 15 is 0 Å². The van der Waals surface area contributed by atoms with Gasteiger partial charge in [0.2, 0.25) is 0 Å². The molecule has 278 valence electrons. The molecule has 2 bridgehead atoms. The number of rotatable bonds is 8. The molecule has 0 saturated carbocycles. The standard InChI is InChI=1S/C55H42N2S/c1-55(2)50-21-13-12-20-48(50)51-52(55)54-49-36-46(34-35-47(49)53(51)58-54)57(42-18-10-5-11-19-42)45-32-26-40(27-33-45)39-24-30-44(31-25-39)56(41-16-8-4-9-17-41)43-28-22-38(23-29-43)37-14-6-3-7-15-37/h3-36,53-54H,1-2H3. The van der Waals surface area contributed by atoms with Crippen molar-refractivity contribution in [3.8, 4) is 22.3 Å². The lowest BCUT2D eigenvalue weighted by Gasteiger charge is -2.30. The molecule has 0 spiro atoms. The van der Waals surface area contributed by atoms with E-state index in [1.807, 2.05) is 0 Å². The topological polar surface area (TPSA) is 6.48 Å². The number of hydrogen-bond acceptors (Lipinski definition) is 3. The van der Waals surface area contributed by atoms with Crippen molar-refractivity contribution in [1.29, 1.82) is 0 Å². The second kappa shape index (κ2) is 13.8. The van der Waals surface area contributed by atoms with Gasteiger partial charge in [0, 0.05) is 39.5 Å². The second-order valence-electron chi connectivity index (χ2n) is 16.1. The first kappa shape index (κ1) is 34.7. The highest BCUT2D eigenvalue weighted by Crippen LogP contribution is 2.72. The fraction of sp³-hybridized carbons (Fsp3) is 0.0909. The number of hydrogen-bond donors (Lipinski definition) is 0. The maximum Gasteiger partial charge on any atom is 0.0565 e. The van der Waals surface area contributed by atoms with E-state index in [9.17, 15) is 0 Å². The predicted octanol–water partition coefficient (Wildman–Crippen LogP) is 15.5. The first-order valence-corrected chi connectivity index (χ1v) is 21.2. The second-order valence-corrected chi connectivity index (χ2v) is 17.3. The summed E-state index contributed by atoms with van der Waals surface area (Å²) in [6.45, 7) is 4.85. The summed E-state index contributed by atoms with van der Waals surface area (Å²) in [6, 6.07) is 75.1. The largest absolute Gasteiger partial charge is 0.311 e. The molecule has 2 heterocycles. The molecule has 0 aromatic heterocycles. The van der Waals surface area contributed by atoms with Gasteiger partial charge >= 0.3 is 0 Å². The summed E-state index contributed by atoms with van der Waals surface area (Å²) in [7, 11) is 0. The van der Waals surface area contributed by atoms with Crippen molar-refractivity contribution in [1.82, 2.24) is 0 Å². The lowest BCUT2D eigenvalue weighted by Crippen LogP contribution is -2.20. The van der Waals surface area contributed by atoms with E-state index in [-0.39, 0.29) is 5.41 Å². The Morgan fingerprint density at radius 1 is 0.379 bits per heavy atom. The number of anilines is 6. The summed E-state index contributed by atoms with van der Waals surface area (Å²) in [4.78, 5) is 4.73. The van der Waals surface area contributed by atoms with E-state index in [2.05, 4.69) is 242 Å². The van der Waals surface area contributed by atoms with Crippen LogP contribution >= 0.6 is 11.8 Å². The van der Waals surface area contributed by atoms with Gasteiger partial charge in [-0.25, -0.2) is 0 Å². The van der Waals surface area contributed by atoms with E-state index in [0.29, 0.717) is 10.5 Å². The van der Waals surface area contributed by atoms with Crippen LogP contribution < -0.4 is 9.80 Å². The van der Waals surface area contributed by atoms with Crippen LogP contribution in [-0.2, 0) is 5.41 Å². The molecule has 8 aromatic rings. The summed E-state index contributed by atoms with van der Waals surface area (Å²) in [5.41, 5.74) is 20.8. The highest BCUT2D eigenvalue weighted by atomic mass is 32.2. The maximum absolute atomic E-state index is 2.48. The molecule has 58 heavy (non-hydrogen) atoms. The third kappa shape index (κ3) is 5.64. The van der Waals surface area contributed by atoms with Gasteiger partial charge in [-0.15, -0.1) is 11.8 Å². The fourth-order valence-corrected chi connectivity index (χ4v) is 11.6. The van der Waals surface area contributed by atoms with E-state index in [1.165, 1.54) is 50.2 Å². The Labute approximate surface area is 345 Å². The van der Waals surface area contributed by atoms with Crippen LogP contribution in [0.2, 0.25) is 0 Å². The van der Waals surface area contributed by atoms with Crippen LogP contribution in [0.25, 0.3) is 27.8 Å². The van der Waals surface area contributed by atoms with E-state index in [4.69, 9.17) is 0 Å². The Morgan fingerprint density at radius 2 is 0.793 bits per heavy atom. The number of fused-ring (bicyclic) bond motifs is 9. The van der Waals surface area contributed by atoms with Gasteiger partial charge in [-0.1, -0.05) is 147 Å². The number of nitrogens with zero attached hydrogens (tertiary/aromatic N) is 2. The maximum atomic E-state index is 2.48. The average Bonchev–Trinajstić information content (AvgIpc) is 3.93. The summed E-state index contributed by atoms with van der Waals surface area (Å²) in [6.07, 6.45) is 0. The van der Waals surface area contributed by atoms with E-state index in [0.717, 1.165) is 28.4 Å². The van der Waals surface area contributed by atoms with Gasteiger partial charge in [-0.2, -0.15) is 0 Å². The summed E-state index contributed by atoms with van der Waals surface area (Å²) >= 11 is 2.13. The molecule has 0 saturated heterocycles. The van der Waals surface area contributed by atoms with Gasteiger partial charge in [0.15, 0.2) is 0 Å². The Hall–Kier alpha value is -6.55. The van der Waals surface area contributed by atoms with E-state index in [1.54, 1.807) is 11.1 Å². The molecule has 3 heteroatoms.